The normalized spacial score (nSPS) is 11.8. The first-order valence-electron chi connectivity index (χ1n) is 10.3. The van der Waals surface area contributed by atoms with Crippen LogP contribution in [-0.4, -0.2) is 36.3 Å². The molecule has 1 aromatic heterocycles. The standard InChI is InChI=1S/C24H28ClN3O4/c1-15(2)14-32-22-19(25)12-17(13-20(22)31-5)24(29)27-21(23-26-10-11-28(23)3)16-6-8-18(30-4)9-7-16/h6-13,15,21H,14H2,1-5H3,(H,27,29). The molecule has 0 radical (unpaired) electrons. The summed E-state index contributed by atoms with van der Waals surface area (Å²) in [6, 6.07) is 10.2. The van der Waals surface area contributed by atoms with Crippen molar-refractivity contribution in [3.8, 4) is 17.2 Å². The number of hydrogen-bond acceptors (Lipinski definition) is 5. The molecule has 0 aliphatic carbocycles. The predicted octanol–water partition coefficient (Wildman–Crippen LogP) is 4.64. The second-order valence-corrected chi connectivity index (χ2v) is 8.18. The van der Waals surface area contributed by atoms with E-state index in [1.807, 2.05) is 55.9 Å². The van der Waals surface area contributed by atoms with Crippen molar-refractivity contribution in [1.29, 1.82) is 0 Å². The van der Waals surface area contributed by atoms with Gasteiger partial charge in [-0.1, -0.05) is 37.6 Å². The largest absolute Gasteiger partial charge is 0.497 e. The number of ether oxygens (including phenoxy) is 3. The summed E-state index contributed by atoms with van der Waals surface area (Å²) in [6.07, 6.45) is 3.53. The van der Waals surface area contributed by atoms with Gasteiger partial charge in [-0.2, -0.15) is 0 Å². The Morgan fingerprint density at radius 2 is 1.88 bits per heavy atom. The number of aryl methyl sites for hydroxylation is 1. The average Bonchev–Trinajstić information content (AvgIpc) is 3.21. The van der Waals surface area contributed by atoms with Crippen LogP contribution in [0.15, 0.2) is 48.8 Å². The lowest BCUT2D eigenvalue weighted by Crippen LogP contribution is -2.31. The fourth-order valence-electron chi connectivity index (χ4n) is 3.20. The number of aromatic nitrogens is 2. The molecule has 0 saturated heterocycles. The summed E-state index contributed by atoms with van der Waals surface area (Å²) < 4.78 is 18.3. The van der Waals surface area contributed by atoms with E-state index in [-0.39, 0.29) is 5.91 Å². The number of nitrogens with zero attached hydrogens (tertiary/aromatic N) is 2. The quantitative estimate of drug-likeness (QED) is 0.506. The van der Waals surface area contributed by atoms with Crippen LogP contribution in [0.5, 0.6) is 17.2 Å². The molecule has 3 rings (SSSR count). The smallest absolute Gasteiger partial charge is 0.252 e. The van der Waals surface area contributed by atoms with Crippen LogP contribution in [0.25, 0.3) is 0 Å². The van der Waals surface area contributed by atoms with Crippen molar-refractivity contribution in [3.63, 3.8) is 0 Å². The van der Waals surface area contributed by atoms with E-state index in [0.29, 0.717) is 40.4 Å². The van der Waals surface area contributed by atoms with Gasteiger partial charge in [-0.15, -0.1) is 0 Å². The van der Waals surface area contributed by atoms with Gasteiger partial charge in [0.05, 0.1) is 25.8 Å². The Kier molecular flexibility index (Phi) is 7.64. The van der Waals surface area contributed by atoms with E-state index >= 15 is 0 Å². The van der Waals surface area contributed by atoms with Gasteiger partial charge >= 0.3 is 0 Å². The van der Waals surface area contributed by atoms with Gasteiger partial charge in [-0.25, -0.2) is 4.98 Å². The van der Waals surface area contributed by atoms with E-state index in [1.165, 1.54) is 7.11 Å². The maximum absolute atomic E-state index is 13.2. The van der Waals surface area contributed by atoms with E-state index in [1.54, 1.807) is 25.4 Å². The van der Waals surface area contributed by atoms with Gasteiger partial charge in [0.2, 0.25) is 0 Å². The van der Waals surface area contributed by atoms with E-state index in [0.717, 1.165) is 11.3 Å². The van der Waals surface area contributed by atoms with Crippen molar-refractivity contribution in [2.75, 3.05) is 20.8 Å². The van der Waals surface area contributed by atoms with Crippen LogP contribution in [0.3, 0.4) is 0 Å². The van der Waals surface area contributed by atoms with Crippen LogP contribution in [0.2, 0.25) is 5.02 Å². The number of hydrogen-bond donors (Lipinski definition) is 1. The third kappa shape index (κ3) is 5.34. The van der Waals surface area contributed by atoms with Crippen LogP contribution in [0.1, 0.15) is 41.6 Å². The zero-order valence-electron chi connectivity index (χ0n) is 18.9. The Balaban J connectivity index is 1.92. The molecule has 3 aromatic rings. The number of imidazole rings is 1. The molecule has 0 aliphatic rings. The van der Waals surface area contributed by atoms with Crippen molar-refractivity contribution < 1.29 is 19.0 Å². The first-order chi connectivity index (χ1) is 15.3. The second-order valence-electron chi connectivity index (χ2n) is 7.77. The minimum atomic E-state index is -0.477. The van der Waals surface area contributed by atoms with Gasteiger partial charge in [0.1, 0.15) is 17.6 Å². The Morgan fingerprint density at radius 1 is 1.16 bits per heavy atom. The number of nitrogens with one attached hydrogen (secondary N) is 1. The van der Waals surface area contributed by atoms with E-state index < -0.39 is 6.04 Å². The predicted molar refractivity (Wildman–Crippen MR) is 124 cm³/mol. The molecule has 0 bridgehead atoms. The summed E-state index contributed by atoms with van der Waals surface area (Å²) in [5.41, 5.74) is 1.22. The minimum Gasteiger partial charge on any atom is -0.497 e. The number of halogens is 1. The summed E-state index contributed by atoms with van der Waals surface area (Å²) >= 11 is 6.44. The van der Waals surface area contributed by atoms with Crippen molar-refractivity contribution in [1.82, 2.24) is 14.9 Å². The van der Waals surface area contributed by atoms with Crippen molar-refractivity contribution in [2.24, 2.45) is 13.0 Å². The van der Waals surface area contributed by atoms with Crippen LogP contribution in [0.4, 0.5) is 0 Å². The fourth-order valence-corrected chi connectivity index (χ4v) is 3.47. The summed E-state index contributed by atoms with van der Waals surface area (Å²) in [4.78, 5) is 17.7. The molecule has 2 aromatic carbocycles. The molecule has 170 valence electrons. The molecule has 1 unspecified atom stereocenters. The lowest BCUT2D eigenvalue weighted by molar-refractivity contribution is 0.0940. The highest BCUT2D eigenvalue weighted by Crippen LogP contribution is 2.37. The molecule has 7 nitrogen and oxygen atoms in total. The van der Waals surface area contributed by atoms with Gasteiger partial charge in [0.25, 0.3) is 5.91 Å². The van der Waals surface area contributed by atoms with Gasteiger partial charge in [-0.3, -0.25) is 4.79 Å². The van der Waals surface area contributed by atoms with Crippen LogP contribution < -0.4 is 19.5 Å². The van der Waals surface area contributed by atoms with E-state index in [9.17, 15) is 4.79 Å². The topological polar surface area (TPSA) is 74.6 Å². The second kappa shape index (κ2) is 10.4. The van der Waals surface area contributed by atoms with Crippen molar-refractivity contribution >= 4 is 17.5 Å². The van der Waals surface area contributed by atoms with Crippen LogP contribution in [0, 0.1) is 5.92 Å². The highest BCUT2D eigenvalue weighted by molar-refractivity contribution is 6.32. The molecule has 0 fully saturated rings. The number of amides is 1. The third-order valence-electron chi connectivity index (χ3n) is 4.89. The highest BCUT2D eigenvalue weighted by Gasteiger charge is 2.23. The van der Waals surface area contributed by atoms with Crippen molar-refractivity contribution in [3.05, 3.63) is 70.8 Å². The maximum Gasteiger partial charge on any atom is 0.252 e. The summed E-state index contributed by atoms with van der Waals surface area (Å²) in [5.74, 6) is 2.26. The summed E-state index contributed by atoms with van der Waals surface area (Å²) in [5, 5.41) is 3.37. The molecule has 1 N–H and O–H groups in total. The van der Waals surface area contributed by atoms with Crippen LogP contribution >= 0.6 is 11.6 Å². The Labute approximate surface area is 193 Å². The molecule has 0 aliphatic heterocycles. The monoisotopic (exact) mass is 457 g/mol. The third-order valence-corrected chi connectivity index (χ3v) is 5.17. The van der Waals surface area contributed by atoms with Gasteiger partial charge in [-0.05, 0) is 35.7 Å². The number of carbonyl (C=O) groups excluding carboxylic acids is 1. The lowest BCUT2D eigenvalue weighted by atomic mass is 10.0. The van der Waals surface area contributed by atoms with Gasteiger partial charge in [0, 0.05) is 25.0 Å². The zero-order chi connectivity index (χ0) is 23.3. The Morgan fingerprint density at radius 3 is 2.44 bits per heavy atom. The highest BCUT2D eigenvalue weighted by atomic mass is 35.5. The number of benzene rings is 2. The number of methoxy groups -OCH3 is 2. The minimum absolute atomic E-state index is 0.313. The summed E-state index contributed by atoms with van der Waals surface area (Å²) in [7, 11) is 5.01. The molecular formula is C24H28ClN3O4. The molecule has 0 saturated carbocycles. The first-order valence-corrected chi connectivity index (χ1v) is 10.6. The molecular weight excluding hydrogens is 430 g/mol. The Hall–Kier alpha value is -3.19. The van der Waals surface area contributed by atoms with Gasteiger partial charge < -0.3 is 24.1 Å². The average molecular weight is 458 g/mol. The molecule has 1 amide bonds. The van der Waals surface area contributed by atoms with E-state index in [4.69, 9.17) is 25.8 Å². The number of carbonyl (C=O) groups is 1. The zero-order valence-corrected chi connectivity index (χ0v) is 19.6. The van der Waals surface area contributed by atoms with Crippen molar-refractivity contribution in [2.45, 2.75) is 19.9 Å². The SMILES string of the molecule is COc1ccc(C(NC(=O)c2cc(Cl)c(OCC(C)C)c(OC)c2)c2nccn2C)cc1. The molecule has 0 spiro atoms. The fraction of sp³-hybridized carbons (Fsp3) is 0.333. The molecule has 8 heteroatoms. The van der Waals surface area contributed by atoms with Crippen LogP contribution in [-0.2, 0) is 7.05 Å². The molecule has 1 heterocycles. The van der Waals surface area contributed by atoms with E-state index in [2.05, 4.69) is 10.3 Å². The van der Waals surface area contributed by atoms with Gasteiger partial charge in [0.15, 0.2) is 11.5 Å². The lowest BCUT2D eigenvalue weighted by Gasteiger charge is -2.20. The first kappa shape index (κ1) is 23.5. The number of rotatable bonds is 9. The molecule has 1 atom stereocenters. The Bertz CT molecular complexity index is 1060. The summed E-state index contributed by atoms with van der Waals surface area (Å²) in [6.45, 7) is 4.57. The molecule has 32 heavy (non-hydrogen) atoms. The maximum atomic E-state index is 13.2.